The first kappa shape index (κ1) is 15.0. The molecule has 8 heteroatoms. The van der Waals surface area contributed by atoms with Gasteiger partial charge < -0.3 is 10.1 Å². The average Bonchev–Trinajstić information content (AvgIpc) is 3.08. The number of thiazole rings is 1. The molecule has 0 radical (unpaired) electrons. The number of imidazole rings is 1. The third-order valence-electron chi connectivity index (χ3n) is 3.06. The molecule has 7 nitrogen and oxygen atoms in total. The first-order valence-electron chi connectivity index (χ1n) is 6.80. The molecule has 0 aliphatic carbocycles. The summed E-state index contributed by atoms with van der Waals surface area (Å²) in [4.78, 5) is 28.5. The van der Waals surface area contributed by atoms with Crippen LogP contribution in [0.4, 0.5) is 16.2 Å². The van der Waals surface area contributed by atoms with E-state index in [2.05, 4.69) is 20.4 Å². The van der Waals surface area contributed by atoms with Crippen LogP contribution < -0.4 is 10.6 Å². The van der Waals surface area contributed by atoms with E-state index in [1.165, 1.54) is 18.4 Å². The van der Waals surface area contributed by atoms with Crippen LogP contribution in [0.3, 0.4) is 0 Å². The van der Waals surface area contributed by atoms with Gasteiger partial charge in [-0.15, -0.1) is 11.3 Å². The number of fused-ring (bicyclic) bond motifs is 1. The summed E-state index contributed by atoms with van der Waals surface area (Å²) in [7, 11) is 1.29. The molecule has 0 aliphatic heterocycles. The van der Waals surface area contributed by atoms with Gasteiger partial charge >= 0.3 is 6.09 Å². The molecular weight excluding hydrogens is 316 g/mol. The van der Waals surface area contributed by atoms with E-state index in [1.54, 1.807) is 24.3 Å². The summed E-state index contributed by atoms with van der Waals surface area (Å²) in [6, 6.07) is 6.83. The van der Waals surface area contributed by atoms with Crippen molar-refractivity contribution in [2.24, 2.45) is 0 Å². The normalized spacial score (nSPS) is 10.5. The molecule has 0 unspecified atom stereocenters. The van der Waals surface area contributed by atoms with E-state index in [0.29, 0.717) is 17.1 Å². The molecule has 23 heavy (non-hydrogen) atoms. The van der Waals surface area contributed by atoms with E-state index in [9.17, 15) is 9.59 Å². The van der Waals surface area contributed by atoms with Crippen molar-refractivity contribution < 1.29 is 14.3 Å². The van der Waals surface area contributed by atoms with Crippen molar-refractivity contribution in [1.29, 1.82) is 0 Å². The standard InChI is InChI=1S/C15H14N4O3S/c1-22-15(21)18-11-4-2-3-10(7-11)16-13(20)8-12-9-19-5-6-23-14(19)17-12/h2-7,9H,8H2,1H3,(H,16,20)(H,18,21). The topological polar surface area (TPSA) is 84.7 Å². The van der Waals surface area contributed by atoms with Gasteiger partial charge in [0.25, 0.3) is 0 Å². The van der Waals surface area contributed by atoms with Crippen molar-refractivity contribution >= 4 is 39.7 Å². The summed E-state index contributed by atoms with van der Waals surface area (Å²) in [6.45, 7) is 0. The van der Waals surface area contributed by atoms with Crippen LogP contribution in [0.15, 0.2) is 42.0 Å². The van der Waals surface area contributed by atoms with Crippen molar-refractivity contribution in [3.05, 3.63) is 47.7 Å². The van der Waals surface area contributed by atoms with Crippen LogP contribution in [0, 0.1) is 0 Å². The number of carbonyl (C=O) groups is 2. The number of amides is 2. The number of hydrogen-bond donors (Lipinski definition) is 2. The highest BCUT2D eigenvalue weighted by Gasteiger charge is 2.09. The number of methoxy groups -OCH3 is 1. The Bertz CT molecular complexity index is 827. The van der Waals surface area contributed by atoms with Gasteiger partial charge in [0.1, 0.15) is 0 Å². The third-order valence-corrected chi connectivity index (χ3v) is 3.83. The molecule has 0 spiro atoms. The van der Waals surface area contributed by atoms with E-state index < -0.39 is 6.09 Å². The van der Waals surface area contributed by atoms with Crippen molar-refractivity contribution in [2.75, 3.05) is 17.7 Å². The van der Waals surface area contributed by atoms with Gasteiger partial charge in [-0.1, -0.05) is 6.07 Å². The number of ether oxygens (including phenoxy) is 1. The third kappa shape index (κ3) is 3.67. The van der Waals surface area contributed by atoms with Crippen LogP contribution in [0.5, 0.6) is 0 Å². The van der Waals surface area contributed by atoms with Crippen LogP contribution in [-0.2, 0) is 16.0 Å². The predicted octanol–water partition coefficient (Wildman–Crippen LogP) is 2.76. The number of aromatic nitrogens is 2. The molecule has 3 aromatic rings. The number of hydrogen-bond acceptors (Lipinski definition) is 5. The van der Waals surface area contributed by atoms with E-state index in [4.69, 9.17) is 0 Å². The summed E-state index contributed by atoms with van der Waals surface area (Å²) in [6.07, 6.45) is 3.35. The van der Waals surface area contributed by atoms with Gasteiger partial charge in [-0.25, -0.2) is 9.78 Å². The minimum absolute atomic E-state index is 0.175. The van der Waals surface area contributed by atoms with Crippen LogP contribution >= 0.6 is 11.3 Å². The molecule has 0 fully saturated rings. The van der Waals surface area contributed by atoms with E-state index in [1.807, 2.05) is 22.2 Å². The SMILES string of the molecule is COC(=O)Nc1cccc(NC(=O)Cc2cn3ccsc3n2)c1. The molecule has 0 bridgehead atoms. The number of benzene rings is 1. The molecule has 0 aliphatic rings. The van der Waals surface area contributed by atoms with Gasteiger partial charge in [0, 0.05) is 29.1 Å². The Morgan fingerprint density at radius 3 is 2.83 bits per heavy atom. The monoisotopic (exact) mass is 330 g/mol. The summed E-state index contributed by atoms with van der Waals surface area (Å²) in [5.41, 5.74) is 1.83. The fraction of sp³-hybridized carbons (Fsp3) is 0.133. The Hall–Kier alpha value is -2.87. The zero-order valence-corrected chi connectivity index (χ0v) is 13.1. The highest BCUT2D eigenvalue weighted by atomic mass is 32.1. The predicted molar refractivity (Wildman–Crippen MR) is 87.9 cm³/mol. The second kappa shape index (κ2) is 6.49. The highest BCUT2D eigenvalue weighted by Crippen LogP contribution is 2.16. The van der Waals surface area contributed by atoms with E-state index in [-0.39, 0.29) is 12.3 Å². The molecule has 2 aromatic heterocycles. The molecule has 0 atom stereocenters. The zero-order valence-electron chi connectivity index (χ0n) is 12.3. The molecule has 3 rings (SSSR count). The van der Waals surface area contributed by atoms with Gasteiger partial charge in [0.15, 0.2) is 4.96 Å². The van der Waals surface area contributed by atoms with Crippen LogP contribution in [0.1, 0.15) is 5.69 Å². The van der Waals surface area contributed by atoms with Gasteiger partial charge in [-0.3, -0.25) is 14.5 Å². The molecule has 2 heterocycles. The second-order valence-electron chi connectivity index (χ2n) is 4.75. The Morgan fingerprint density at radius 1 is 1.30 bits per heavy atom. The minimum atomic E-state index is -0.563. The zero-order chi connectivity index (χ0) is 16.2. The van der Waals surface area contributed by atoms with Crippen molar-refractivity contribution in [1.82, 2.24) is 9.38 Å². The molecule has 2 amide bonds. The molecule has 0 saturated carbocycles. The summed E-state index contributed by atoms with van der Waals surface area (Å²) in [5, 5.41) is 7.26. The summed E-state index contributed by atoms with van der Waals surface area (Å²) in [5.74, 6) is -0.175. The Kier molecular flexibility index (Phi) is 4.24. The van der Waals surface area contributed by atoms with Crippen LogP contribution in [0.25, 0.3) is 4.96 Å². The lowest BCUT2D eigenvalue weighted by Crippen LogP contribution is -2.15. The van der Waals surface area contributed by atoms with Gasteiger partial charge in [-0.05, 0) is 18.2 Å². The van der Waals surface area contributed by atoms with Crippen molar-refractivity contribution in [3.8, 4) is 0 Å². The molecule has 1 aromatic carbocycles. The molecule has 2 N–H and O–H groups in total. The quantitative estimate of drug-likeness (QED) is 0.770. The van der Waals surface area contributed by atoms with Gasteiger partial charge in [0.05, 0.1) is 19.2 Å². The second-order valence-corrected chi connectivity index (χ2v) is 5.62. The van der Waals surface area contributed by atoms with Crippen molar-refractivity contribution in [2.45, 2.75) is 6.42 Å². The fourth-order valence-corrected chi connectivity index (χ4v) is 2.79. The smallest absolute Gasteiger partial charge is 0.411 e. The van der Waals surface area contributed by atoms with Crippen LogP contribution in [-0.4, -0.2) is 28.5 Å². The first-order chi connectivity index (χ1) is 11.1. The maximum Gasteiger partial charge on any atom is 0.411 e. The first-order valence-corrected chi connectivity index (χ1v) is 7.68. The largest absolute Gasteiger partial charge is 0.453 e. The lowest BCUT2D eigenvalue weighted by atomic mass is 10.2. The maximum atomic E-state index is 12.1. The highest BCUT2D eigenvalue weighted by molar-refractivity contribution is 7.15. The van der Waals surface area contributed by atoms with Crippen molar-refractivity contribution in [3.63, 3.8) is 0 Å². The number of rotatable bonds is 4. The summed E-state index contributed by atoms with van der Waals surface area (Å²) < 4.78 is 6.41. The number of nitrogens with one attached hydrogen (secondary N) is 2. The number of anilines is 2. The van der Waals surface area contributed by atoms with Gasteiger partial charge in [-0.2, -0.15) is 0 Å². The molecular formula is C15H14N4O3S. The molecule has 0 saturated heterocycles. The molecule has 118 valence electrons. The minimum Gasteiger partial charge on any atom is -0.453 e. The Balaban J connectivity index is 1.64. The average molecular weight is 330 g/mol. The Labute approximate surface area is 135 Å². The number of carbonyl (C=O) groups excluding carboxylic acids is 2. The lowest BCUT2D eigenvalue weighted by molar-refractivity contribution is -0.115. The number of nitrogens with zero attached hydrogens (tertiary/aromatic N) is 2. The van der Waals surface area contributed by atoms with Gasteiger partial charge in [0.2, 0.25) is 5.91 Å². The summed E-state index contributed by atoms with van der Waals surface area (Å²) >= 11 is 1.52. The maximum absolute atomic E-state index is 12.1. The Morgan fingerprint density at radius 2 is 2.09 bits per heavy atom. The lowest BCUT2D eigenvalue weighted by Gasteiger charge is -2.07. The fourth-order valence-electron chi connectivity index (χ4n) is 2.07. The van der Waals surface area contributed by atoms with E-state index in [0.717, 1.165) is 4.96 Å². The van der Waals surface area contributed by atoms with E-state index >= 15 is 0 Å². The van der Waals surface area contributed by atoms with Crippen LogP contribution in [0.2, 0.25) is 0 Å².